The molecule has 114 valence electrons. The van der Waals surface area contributed by atoms with E-state index in [-0.39, 0.29) is 0 Å². The van der Waals surface area contributed by atoms with Crippen molar-refractivity contribution >= 4 is 0 Å². The highest BCUT2D eigenvalue weighted by atomic mass is 14.9. The lowest BCUT2D eigenvalue weighted by atomic mass is 9.68. The summed E-state index contributed by atoms with van der Waals surface area (Å²) in [7, 11) is 2.17. The summed E-state index contributed by atoms with van der Waals surface area (Å²) in [5.41, 5.74) is 0.509. The Kier molecular flexibility index (Phi) is 6.86. The summed E-state index contributed by atoms with van der Waals surface area (Å²) in [5, 5.41) is 3.62. The van der Waals surface area contributed by atoms with Gasteiger partial charge in [0.05, 0.1) is 0 Å². The lowest BCUT2D eigenvalue weighted by Crippen LogP contribution is -2.38. The molecule has 0 aliphatic heterocycles. The summed E-state index contributed by atoms with van der Waals surface area (Å²) >= 11 is 0. The zero-order valence-electron chi connectivity index (χ0n) is 14.3. The fourth-order valence-corrected chi connectivity index (χ4v) is 3.91. The molecule has 1 atom stereocenters. The Bertz CT molecular complexity index is 229. The maximum absolute atomic E-state index is 3.62. The van der Waals surface area contributed by atoms with Crippen LogP contribution in [-0.2, 0) is 0 Å². The van der Waals surface area contributed by atoms with Crippen LogP contribution in [0.25, 0.3) is 0 Å². The fraction of sp³-hybridized carbons (Fsp3) is 1.00. The van der Waals surface area contributed by atoms with Gasteiger partial charge >= 0.3 is 0 Å². The number of nitrogens with one attached hydrogen (secondary N) is 1. The van der Waals surface area contributed by atoms with Crippen molar-refractivity contribution in [3.05, 3.63) is 0 Å². The third-order valence-electron chi connectivity index (χ3n) is 5.68. The van der Waals surface area contributed by atoms with Gasteiger partial charge in [-0.15, -0.1) is 0 Å². The molecule has 1 aliphatic rings. The van der Waals surface area contributed by atoms with E-state index in [1.165, 1.54) is 44.9 Å². The maximum atomic E-state index is 3.62. The van der Waals surface area contributed by atoms with Gasteiger partial charge in [0.2, 0.25) is 0 Å². The normalized spacial score (nSPS) is 26.7. The summed E-state index contributed by atoms with van der Waals surface area (Å²) in [6, 6.07) is 0.755. The van der Waals surface area contributed by atoms with Gasteiger partial charge in [0.15, 0.2) is 0 Å². The van der Waals surface area contributed by atoms with E-state index in [1.54, 1.807) is 0 Å². The Morgan fingerprint density at radius 3 is 1.89 bits per heavy atom. The number of hydrogen-bond donors (Lipinski definition) is 1. The molecule has 19 heavy (non-hydrogen) atoms. The van der Waals surface area contributed by atoms with Crippen LogP contribution in [-0.4, -0.2) is 13.1 Å². The molecule has 1 fully saturated rings. The Labute approximate surface area is 121 Å². The molecular weight excluding hydrogens is 230 g/mol. The van der Waals surface area contributed by atoms with Crippen LogP contribution in [0.5, 0.6) is 0 Å². The molecule has 1 N–H and O–H groups in total. The highest BCUT2D eigenvalue weighted by molar-refractivity contribution is 4.86. The first-order chi connectivity index (χ1) is 8.92. The minimum atomic E-state index is 0.509. The summed E-state index contributed by atoms with van der Waals surface area (Å²) in [6.07, 6.45) is 9.82. The third kappa shape index (κ3) is 5.10. The van der Waals surface area contributed by atoms with Crippen LogP contribution in [0, 0.1) is 23.2 Å². The molecule has 0 aromatic carbocycles. The highest BCUT2D eigenvalue weighted by Gasteiger charge is 2.32. The quantitative estimate of drug-likeness (QED) is 0.693. The van der Waals surface area contributed by atoms with Crippen molar-refractivity contribution in [2.75, 3.05) is 7.05 Å². The molecule has 0 amide bonds. The van der Waals surface area contributed by atoms with E-state index in [1.807, 2.05) is 0 Å². The number of rotatable bonds is 6. The van der Waals surface area contributed by atoms with Gasteiger partial charge in [-0.3, -0.25) is 0 Å². The summed E-state index contributed by atoms with van der Waals surface area (Å²) in [5.74, 6) is 2.77. The SMILES string of the molecule is CCC(CC)CC(NC)C1CCC(C(C)(C)C)CC1. The van der Waals surface area contributed by atoms with Gasteiger partial charge in [0.1, 0.15) is 0 Å². The topological polar surface area (TPSA) is 12.0 Å². The predicted molar refractivity (Wildman–Crippen MR) is 86.4 cm³/mol. The Morgan fingerprint density at radius 2 is 1.53 bits per heavy atom. The molecule has 0 spiro atoms. The monoisotopic (exact) mass is 267 g/mol. The van der Waals surface area contributed by atoms with Crippen LogP contribution < -0.4 is 5.32 Å². The third-order valence-corrected chi connectivity index (χ3v) is 5.68. The molecule has 0 bridgehead atoms. The van der Waals surface area contributed by atoms with Gasteiger partial charge in [-0.05, 0) is 62.3 Å². The average Bonchev–Trinajstić information content (AvgIpc) is 2.39. The van der Waals surface area contributed by atoms with Crippen molar-refractivity contribution < 1.29 is 0 Å². The molecule has 1 rings (SSSR count). The zero-order valence-corrected chi connectivity index (χ0v) is 14.3. The predicted octanol–water partition coefficient (Wildman–Crippen LogP) is 5.25. The molecule has 0 heterocycles. The van der Waals surface area contributed by atoms with E-state index in [2.05, 4.69) is 47.0 Å². The van der Waals surface area contributed by atoms with Crippen LogP contribution in [0.1, 0.15) is 79.6 Å². The van der Waals surface area contributed by atoms with Crippen molar-refractivity contribution in [2.45, 2.75) is 85.6 Å². The maximum Gasteiger partial charge on any atom is 0.00949 e. The Morgan fingerprint density at radius 1 is 1.00 bits per heavy atom. The van der Waals surface area contributed by atoms with Crippen molar-refractivity contribution in [3.8, 4) is 0 Å². The molecule has 0 aromatic heterocycles. The number of hydrogen-bond acceptors (Lipinski definition) is 1. The highest BCUT2D eigenvalue weighted by Crippen LogP contribution is 2.41. The second-order valence-corrected chi connectivity index (χ2v) is 7.79. The van der Waals surface area contributed by atoms with E-state index in [0.29, 0.717) is 5.41 Å². The zero-order chi connectivity index (χ0) is 14.5. The van der Waals surface area contributed by atoms with E-state index in [0.717, 1.165) is 23.8 Å². The fourth-order valence-electron chi connectivity index (χ4n) is 3.91. The lowest BCUT2D eigenvalue weighted by Gasteiger charge is -2.40. The van der Waals surface area contributed by atoms with Gasteiger partial charge in [0.25, 0.3) is 0 Å². The Hall–Kier alpha value is -0.0400. The molecule has 1 nitrogen and oxygen atoms in total. The van der Waals surface area contributed by atoms with E-state index in [9.17, 15) is 0 Å². The van der Waals surface area contributed by atoms with Crippen LogP contribution in [0.15, 0.2) is 0 Å². The minimum absolute atomic E-state index is 0.509. The lowest BCUT2D eigenvalue weighted by molar-refractivity contribution is 0.127. The molecular formula is C18H37N. The largest absolute Gasteiger partial charge is 0.317 e. The molecule has 1 heteroatoms. The van der Waals surface area contributed by atoms with Crippen LogP contribution >= 0.6 is 0 Å². The molecule has 0 radical (unpaired) electrons. The van der Waals surface area contributed by atoms with Gasteiger partial charge in [-0.1, -0.05) is 47.5 Å². The first-order valence-electron chi connectivity index (χ1n) is 8.59. The van der Waals surface area contributed by atoms with E-state index >= 15 is 0 Å². The first-order valence-corrected chi connectivity index (χ1v) is 8.59. The molecule has 1 aliphatic carbocycles. The smallest absolute Gasteiger partial charge is 0.00949 e. The second-order valence-electron chi connectivity index (χ2n) is 7.79. The summed E-state index contributed by atoms with van der Waals surface area (Å²) in [4.78, 5) is 0. The first kappa shape index (κ1) is 17.0. The van der Waals surface area contributed by atoms with Gasteiger partial charge in [-0.2, -0.15) is 0 Å². The molecule has 1 unspecified atom stereocenters. The Balaban J connectivity index is 2.47. The van der Waals surface area contributed by atoms with Crippen molar-refractivity contribution in [3.63, 3.8) is 0 Å². The van der Waals surface area contributed by atoms with Crippen molar-refractivity contribution in [1.82, 2.24) is 5.32 Å². The van der Waals surface area contributed by atoms with E-state index < -0.39 is 0 Å². The molecule has 1 saturated carbocycles. The van der Waals surface area contributed by atoms with E-state index in [4.69, 9.17) is 0 Å². The van der Waals surface area contributed by atoms with Gasteiger partial charge < -0.3 is 5.32 Å². The standard InChI is InChI=1S/C18H37N/c1-7-14(8-2)13-17(19-6)15-9-11-16(12-10-15)18(3,4)5/h14-17,19H,7-13H2,1-6H3. The molecule has 0 aromatic rings. The van der Waals surface area contributed by atoms with Crippen LogP contribution in [0.3, 0.4) is 0 Å². The van der Waals surface area contributed by atoms with Crippen LogP contribution in [0.4, 0.5) is 0 Å². The van der Waals surface area contributed by atoms with Gasteiger partial charge in [0, 0.05) is 6.04 Å². The van der Waals surface area contributed by atoms with Gasteiger partial charge in [-0.25, -0.2) is 0 Å². The van der Waals surface area contributed by atoms with Crippen molar-refractivity contribution in [2.24, 2.45) is 23.2 Å². The summed E-state index contributed by atoms with van der Waals surface area (Å²) < 4.78 is 0. The molecule has 0 saturated heterocycles. The minimum Gasteiger partial charge on any atom is -0.317 e. The van der Waals surface area contributed by atoms with Crippen LogP contribution in [0.2, 0.25) is 0 Å². The average molecular weight is 268 g/mol. The second kappa shape index (κ2) is 7.67. The van der Waals surface area contributed by atoms with Crippen molar-refractivity contribution in [1.29, 1.82) is 0 Å². The summed E-state index contributed by atoms with van der Waals surface area (Å²) in [6.45, 7) is 11.9.